The average molecular weight is 353 g/mol. The normalized spacial score (nSPS) is 15.3. The Morgan fingerprint density at radius 1 is 1.21 bits per heavy atom. The van der Waals surface area contributed by atoms with Crippen LogP contribution in [0.2, 0.25) is 0 Å². The number of hydrogen-bond donors (Lipinski definition) is 1. The third-order valence-corrected chi connectivity index (χ3v) is 3.90. The van der Waals surface area contributed by atoms with Crippen molar-refractivity contribution in [3.63, 3.8) is 0 Å². The van der Waals surface area contributed by atoms with Gasteiger partial charge in [-0.15, -0.1) is 11.6 Å². The highest BCUT2D eigenvalue weighted by Crippen LogP contribution is 2.21. The first kappa shape index (κ1) is 18.1. The summed E-state index contributed by atoms with van der Waals surface area (Å²) in [6, 6.07) is 7.00. The molecule has 0 radical (unpaired) electrons. The fraction of sp³-hybridized carbons (Fsp3) is 0.438. The van der Waals surface area contributed by atoms with Gasteiger partial charge in [0.1, 0.15) is 5.84 Å². The van der Waals surface area contributed by atoms with Gasteiger partial charge in [0.2, 0.25) is 0 Å². The SMILES string of the molecule is CCOC(=O)N1CCN(C(=O)c2ccccc2N=C(N)CCl)CC1. The number of ether oxygens (including phenoxy) is 1. The second-order valence-corrected chi connectivity index (χ2v) is 5.50. The number of aliphatic imine (C=N–C) groups is 1. The molecular formula is C16H21ClN4O3. The van der Waals surface area contributed by atoms with E-state index in [1.165, 1.54) is 0 Å². The molecule has 0 bridgehead atoms. The summed E-state index contributed by atoms with van der Waals surface area (Å²) in [6.45, 7) is 3.88. The molecule has 7 nitrogen and oxygen atoms in total. The number of amidine groups is 1. The molecule has 1 aromatic rings. The zero-order valence-electron chi connectivity index (χ0n) is 13.6. The first-order chi connectivity index (χ1) is 11.6. The van der Waals surface area contributed by atoms with Gasteiger partial charge in [-0.05, 0) is 19.1 Å². The summed E-state index contributed by atoms with van der Waals surface area (Å²) < 4.78 is 4.98. The minimum Gasteiger partial charge on any atom is -0.450 e. The molecule has 0 saturated carbocycles. The predicted octanol–water partition coefficient (Wildman–Crippen LogP) is 1.83. The third kappa shape index (κ3) is 4.38. The van der Waals surface area contributed by atoms with Crippen LogP contribution in [0, 0.1) is 0 Å². The first-order valence-electron chi connectivity index (χ1n) is 7.75. The van der Waals surface area contributed by atoms with Crippen LogP contribution in [-0.4, -0.2) is 66.3 Å². The summed E-state index contributed by atoms with van der Waals surface area (Å²) in [5.74, 6) is 0.213. The molecule has 1 fully saturated rings. The zero-order chi connectivity index (χ0) is 17.5. The van der Waals surface area contributed by atoms with E-state index in [1.54, 1.807) is 41.0 Å². The second kappa shape index (κ2) is 8.54. The van der Waals surface area contributed by atoms with Crippen LogP contribution in [0.3, 0.4) is 0 Å². The lowest BCUT2D eigenvalue weighted by atomic mass is 10.1. The minimum atomic E-state index is -0.343. The maximum atomic E-state index is 12.7. The van der Waals surface area contributed by atoms with E-state index in [0.717, 1.165) is 0 Å². The van der Waals surface area contributed by atoms with Crippen molar-refractivity contribution >= 4 is 35.1 Å². The van der Waals surface area contributed by atoms with Gasteiger partial charge < -0.3 is 20.3 Å². The van der Waals surface area contributed by atoms with E-state index in [-0.39, 0.29) is 23.7 Å². The van der Waals surface area contributed by atoms with Crippen molar-refractivity contribution in [2.24, 2.45) is 10.7 Å². The van der Waals surface area contributed by atoms with E-state index in [0.29, 0.717) is 44.0 Å². The molecule has 2 amide bonds. The minimum absolute atomic E-state index is 0.0980. The van der Waals surface area contributed by atoms with Crippen LogP contribution in [0.25, 0.3) is 0 Å². The van der Waals surface area contributed by atoms with Crippen molar-refractivity contribution in [2.45, 2.75) is 6.92 Å². The van der Waals surface area contributed by atoms with Gasteiger partial charge in [0, 0.05) is 26.2 Å². The number of alkyl halides is 1. The van der Waals surface area contributed by atoms with Crippen LogP contribution in [0.1, 0.15) is 17.3 Å². The van der Waals surface area contributed by atoms with Crippen LogP contribution in [0.4, 0.5) is 10.5 Å². The van der Waals surface area contributed by atoms with E-state index in [4.69, 9.17) is 22.1 Å². The van der Waals surface area contributed by atoms with Gasteiger partial charge >= 0.3 is 6.09 Å². The Labute approximate surface area is 146 Å². The Morgan fingerprint density at radius 3 is 2.46 bits per heavy atom. The number of nitrogens with two attached hydrogens (primary N) is 1. The predicted molar refractivity (Wildman–Crippen MR) is 92.9 cm³/mol. The lowest BCUT2D eigenvalue weighted by Crippen LogP contribution is -2.50. The lowest BCUT2D eigenvalue weighted by molar-refractivity contribution is 0.0571. The van der Waals surface area contributed by atoms with Gasteiger partial charge in [-0.1, -0.05) is 12.1 Å². The van der Waals surface area contributed by atoms with E-state index in [9.17, 15) is 9.59 Å². The summed E-state index contributed by atoms with van der Waals surface area (Å²) in [4.78, 5) is 31.9. The molecule has 0 aliphatic carbocycles. The summed E-state index contributed by atoms with van der Waals surface area (Å²) in [7, 11) is 0. The smallest absolute Gasteiger partial charge is 0.409 e. The molecular weight excluding hydrogens is 332 g/mol. The standard InChI is InChI=1S/C16H21ClN4O3/c1-2-24-16(23)21-9-7-20(8-10-21)15(22)12-5-3-4-6-13(12)19-14(18)11-17/h3-6H,2,7-11H2,1H3,(H2,18,19). The molecule has 1 heterocycles. The molecule has 1 aromatic carbocycles. The molecule has 130 valence electrons. The van der Waals surface area contributed by atoms with Crippen LogP contribution < -0.4 is 5.73 Å². The highest BCUT2D eigenvalue weighted by atomic mass is 35.5. The van der Waals surface area contributed by atoms with Crippen LogP contribution in [0.15, 0.2) is 29.3 Å². The number of carbonyl (C=O) groups is 2. The van der Waals surface area contributed by atoms with E-state index in [2.05, 4.69) is 4.99 Å². The van der Waals surface area contributed by atoms with Gasteiger partial charge in [0.25, 0.3) is 5.91 Å². The van der Waals surface area contributed by atoms with Crippen molar-refractivity contribution in [1.82, 2.24) is 9.80 Å². The fourth-order valence-corrected chi connectivity index (χ4v) is 2.47. The molecule has 24 heavy (non-hydrogen) atoms. The monoisotopic (exact) mass is 352 g/mol. The van der Waals surface area contributed by atoms with Crippen LogP contribution in [-0.2, 0) is 4.74 Å². The maximum Gasteiger partial charge on any atom is 0.409 e. The van der Waals surface area contributed by atoms with Crippen LogP contribution >= 0.6 is 11.6 Å². The van der Waals surface area contributed by atoms with Gasteiger partial charge in [-0.25, -0.2) is 9.79 Å². The van der Waals surface area contributed by atoms with Crippen molar-refractivity contribution in [3.05, 3.63) is 29.8 Å². The van der Waals surface area contributed by atoms with Gasteiger partial charge in [-0.2, -0.15) is 0 Å². The zero-order valence-corrected chi connectivity index (χ0v) is 14.3. The van der Waals surface area contributed by atoms with Gasteiger partial charge in [-0.3, -0.25) is 4.79 Å². The first-order valence-corrected chi connectivity index (χ1v) is 8.29. The largest absolute Gasteiger partial charge is 0.450 e. The molecule has 0 unspecified atom stereocenters. The number of carbonyl (C=O) groups excluding carboxylic acids is 2. The van der Waals surface area contributed by atoms with Crippen molar-refractivity contribution in [3.8, 4) is 0 Å². The fourth-order valence-electron chi connectivity index (χ4n) is 2.41. The summed E-state index contributed by atoms with van der Waals surface area (Å²) >= 11 is 5.65. The van der Waals surface area contributed by atoms with Crippen molar-refractivity contribution in [1.29, 1.82) is 0 Å². The van der Waals surface area contributed by atoms with Gasteiger partial charge in [0.05, 0.1) is 23.7 Å². The van der Waals surface area contributed by atoms with Crippen LogP contribution in [0.5, 0.6) is 0 Å². The topological polar surface area (TPSA) is 88.2 Å². The highest BCUT2D eigenvalue weighted by molar-refractivity contribution is 6.28. The Hall–Kier alpha value is -2.28. The summed E-state index contributed by atoms with van der Waals surface area (Å²) in [6.07, 6.45) is -0.343. The number of nitrogens with zero attached hydrogens (tertiary/aromatic N) is 3. The molecule has 1 aliphatic heterocycles. The quantitative estimate of drug-likeness (QED) is 0.508. The second-order valence-electron chi connectivity index (χ2n) is 5.23. The van der Waals surface area contributed by atoms with Gasteiger partial charge in [0.15, 0.2) is 0 Å². The molecule has 8 heteroatoms. The molecule has 2 rings (SSSR count). The molecule has 1 aliphatic rings. The number of para-hydroxylation sites is 1. The number of hydrogen-bond acceptors (Lipinski definition) is 4. The maximum absolute atomic E-state index is 12.7. The van der Waals surface area contributed by atoms with E-state index in [1.807, 2.05) is 0 Å². The van der Waals surface area contributed by atoms with E-state index < -0.39 is 0 Å². The number of rotatable bonds is 4. The van der Waals surface area contributed by atoms with Crippen molar-refractivity contribution < 1.29 is 14.3 Å². The number of amides is 2. The molecule has 0 atom stereocenters. The third-order valence-electron chi connectivity index (χ3n) is 3.63. The number of piperazine rings is 1. The Bertz CT molecular complexity index is 628. The Kier molecular flexibility index (Phi) is 6.43. The Balaban J connectivity index is 2.07. The summed E-state index contributed by atoms with van der Waals surface area (Å²) in [5.41, 5.74) is 6.63. The molecule has 1 saturated heterocycles. The van der Waals surface area contributed by atoms with Crippen molar-refractivity contribution in [2.75, 3.05) is 38.7 Å². The molecule has 0 spiro atoms. The lowest BCUT2D eigenvalue weighted by Gasteiger charge is -2.34. The Morgan fingerprint density at radius 2 is 1.83 bits per heavy atom. The summed E-state index contributed by atoms with van der Waals surface area (Å²) in [5, 5.41) is 0. The molecule has 0 aromatic heterocycles. The number of benzene rings is 1. The molecule has 2 N–H and O–H groups in total. The number of halogens is 1. The van der Waals surface area contributed by atoms with E-state index >= 15 is 0 Å². The average Bonchev–Trinajstić information content (AvgIpc) is 2.62. The highest BCUT2D eigenvalue weighted by Gasteiger charge is 2.26.